The van der Waals surface area contributed by atoms with Crippen LogP contribution in [0.15, 0.2) is 22.7 Å². The third kappa shape index (κ3) is 3.51. The van der Waals surface area contributed by atoms with Crippen LogP contribution < -0.4 is 0 Å². The number of hydrogen-bond acceptors (Lipinski definition) is 1. The number of benzene rings is 1. The van der Waals surface area contributed by atoms with Gasteiger partial charge in [-0.2, -0.15) is 0 Å². The van der Waals surface area contributed by atoms with Gasteiger partial charge in [0.05, 0.1) is 0 Å². The Hall–Kier alpha value is -0.540. The Morgan fingerprint density at radius 2 is 2.00 bits per heavy atom. The largest absolute Gasteiger partial charge is 0.339 e. The molecule has 1 aromatic rings. The molecule has 2 rings (SSSR count). The summed E-state index contributed by atoms with van der Waals surface area (Å²) in [5, 5.41) is 0.591. The average Bonchev–Trinajstić information content (AvgIpc) is 2.38. The Morgan fingerprint density at radius 1 is 1.37 bits per heavy atom. The van der Waals surface area contributed by atoms with Crippen LogP contribution in [0.1, 0.15) is 43.5 Å². The molecule has 2 nitrogen and oxygen atoms in total. The number of carbonyl (C=O) groups excluding carboxylic acids is 1. The molecule has 0 unspecified atom stereocenters. The Kier molecular flexibility index (Phi) is 4.57. The summed E-state index contributed by atoms with van der Waals surface area (Å²) in [6, 6.07) is 5.37. The van der Waals surface area contributed by atoms with Gasteiger partial charge in [0, 0.05) is 28.1 Å². The normalized spacial score (nSPS) is 18.4. The maximum absolute atomic E-state index is 12.4. The molecule has 0 N–H and O–H groups in total. The van der Waals surface area contributed by atoms with E-state index in [0.29, 0.717) is 16.0 Å². The van der Waals surface area contributed by atoms with Gasteiger partial charge < -0.3 is 4.90 Å². The zero-order valence-electron chi connectivity index (χ0n) is 11.4. The van der Waals surface area contributed by atoms with E-state index in [4.69, 9.17) is 11.6 Å². The van der Waals surface area contributed by atoms with Crippen LogP contribution in [-0.4, -0.2) is 23.9 Å². The van der Waals surface area contributed by atoms with Crippen molar-refractivity contribution >= 4 is 33.4 Å². The first-order valence-corrected chi connectivity index (χ1v) is 7.86. The fraction of sp³-hybridized carbons (Fsp3) is 0.533. The van der Waals surface area contributed by atoms with Crippen molar-refractivity contribution in [3.05, 3.63) is 33.3 Å². The van der Waals surface area contributed by atoms with Gasteiger partial charge in [-0.3, -0.25) is 4.79 Å². The van der Waals surface area contributed by atoms with E-state index in [1.165, 1.54) is 6.42 Å². The van der Waals surface area contributed by atoms with E-state index < -0.39 is 0 Å². The predicted octanol–water partition coefficient (Wildman–Crippen LogP) is 4.75. The molecule has 1 aliphatic heterocycles. The van der Waals surface area contributed by atoms with Gasteiger partial charge in [-0.1, -0.05) is 47.8 Å². The molecule has 0 spiro atoms. The van der Waals surface area contributed by atoms with Gasteiger partial charge in [-0.05, 0) is 36.5 Å². The van der Waals surface area contributed by atoms with Crippen LogP contribution >= 0.6 is 27.5 Å². The smallest absolute Gasteiger partial charge is 0.253 e. The third-order valence-corrected chi connectivity index (χ3v) is 4.90. The number of likely N-dealkylation sites (tertiary alicyclic amines) is 1. The number of rotatable bonds is 2. The van der Waals surface area contributed by atoms with Gasteiger partial charge in [-0.15, -0.1) is 0 Å². The van der Waals surface area contributed by atoms with Crippen molar-refractivity contribution in [2.45, 2.75) is 33.1 Å². The summed E-state index contributed by atoms with van der Waals surface area (Å²) in [5.74, 6) is 0.0846. The van der Waals surface area contributed by atoms with Crippen molar-refractivity contribution in [1.29, 1.82) is 0 Å². The number of nitrogens with zero attached hydrogens (tertiary/aromatic N) is 1. The van der Waals surface area contributed by atoms with Crippen LogP contribution in [0.5, 0.6) is 0 Å². The Bertz CT molecular complexity index is 461. The summed E-state index contributed by atoms with van der Waals surface area (Å²) in [7, 11) is 0. The number of piperidine rings is 1. The Morgan fingerprint density at radius 3 is 2.53 bits per heavy atom. The van der Waals surface area contributed by atoms with E-state index >= 15 is 0 Å². The predicted molar refractivity (Wildman–Crippen MR) is 82.7 cm³/mol. The summed E-state index contributed by atoms with van der Waals surface area (Å²) in [6.45, 7) is 6.22. The minimum Gasteiger partial charge on any atom is -0.339 e. The number of hydrogen-bond donors (Lipinski definition) is 0. The molecule has 0 aromatic heterocycles. The lowest BCUT2D eigenvalue weighted by Crippen LogP contribution is -2.41. The highest BCUT2D eigenvalue weighted by atomic mass is 79.9. The lowest BCUT2D eigenvalue weighted by molar-refractivity contribution is 0.0600. The van der Waals surface area contributed by atoms with Crippen molar-refractivity contribution in [3.8, 4) is 0 Å². The van der Waals surface area contributed by atoms with E-state index in [2.05, 4.69) is 29.8 Å². The molecule has 0 aliphatic carbocycles. The zero-order valence-corrected chi connectivity index (χ0v) is 13.7. The fourth-order valence-corrected chi connectivity index (χ4v) is 3.32. The van der Waals surface area contributed by atoms with Gasteiger partial charge in [-0.25, -0.2) is 0 Å². The van der Waals surface area contributed by atoms with Crippen molar-refractivity contribution < 1.29 is 4.79 Å². The van der Waals surface area contributed by atoms with Crippen LogP contribution in [0.2, 0.25) is 5.02 Å². The molecule has 1 fully saturated rings. The van der Waals surface area contributed by atoms with Crippen molar-refractivity contribution in [3.63, 3.8) is 0 Å². The molecule has 4 heteroatoms. The standard InChI is InChI=1S/C15H19BrClNO/c1-3-15(2)4-6-18(7-5-15)14(19)11-8-12(16)10-13(17)9-11/h8-10H,3-7H2,1-2H3. The second-order valence-electron chi connectivity index (χ2n) is 5.61. The molecule has 19 heavy (non-hydrogen) atoms. The number of amides is 1. The molecule has 0 atom stereocenters. The van der Waals surface area contributed by atoms with Crippen molar-refractivity contribution in [1.82, 2.24) is 4.90 Å². The molecule has 1 aliphatic rings. The summed E-state index contributed by atoms with van der Waals surface area (Å²) < 4.78 is 0.846. The van der Waals surface area contributed by atoms with Gasteiger partial charge in [0.1, 0.15) is 0 Å². The Labute approximate surface area is 128 Å². The molecule has 1 aromatic carbocycles. The number of halogens is 2. The lowest BCUT2D eigenvalue weighted by Gasteiger charge is -2.39. The van der Waals surface area contributed by atoms with E-state index in [1.54, 1.807) is 12.1 Å². The maximum atomic E-state index is 12.4. The quantitative estimate of drug-likeness (QED) is 0.758. The first-order chi connectivity index (χ1) is 8.93. The summed E-state index contributed by atoms with van der Waals surface area (Å²) in [6.07, 6.45) is 3.34. The molecule has 1 amide bonds. The molecular weight excluding hydrogens is 326 g/mol. The SMILES string of the molecule is CCC1(C)CCN(C(=O)c2cc(Cl)cc(Br)c2)CC1. The highest BCUT2D eigenvalue weighted by Crippen LogP contribution is 2.34. The van der Waals surface area contributed by atoms with E-state index in [-0.39, 0.29) is 5.91 Å². The second kappa shape index (κ2) is 5.84. The molecule has 1 heterocycles. The highest BCUT2D eigenvalue weighted by Gasteiger charge is 2.30. The van der Waals surface area contributed by atoms with Crippen LogP contribution in [0.3, 0.4) is 0 Å². The minimum absolute atomic E-state index is 0.0846. The summed E-state index contributed by atoms with van der Waals surface area (Å²) in [4.78, 5) is 14.4. The van der Waals surface area contributed by atoms with Crippen LogP contribution in [0.4, 0.5) is 0 Å². The highest BCUT2D eigenvalue weighted by molar-refractivity contribution is 9.10. The van der Waals surface area contributed by atoms with Crippen molar-refractivity contribution in [2.75, 3.05) is 13.1 Å². The number of carbonyl (C=O) groups is 1. The van der Waals surface area contributed by atoms with Gasteiger partial charge in [0.25, 0.3) is 5.91 Å². The fourth-order valence-electron chi connectivity index (χ4n) is 2.46. The molecular formula is C15H19BrClNO. The summed E-state index contributed by atoms with van der Waals surface area (Å²) in [5.41, 5.74) is 1.06. The minimum atomic E-state index is 0.0846. The average molecular weight is 345 g/mol. The van der Waals surface area contributed by atoms with Crippen molar-refractivity contribution in [2.24, 2.45) is 5.41 Å². The van der Waals surface area contributed by atoms with Gasteiger partial charge in [0.15, 0.2) is 0 Å². The van der Waals surface area contributed by atoms with E-state index in [1.807, 2.05) is 11.0 Å². The third-order valence-electron chi connectivity index (χ3n) is 4.22. The Balaban J connectivity index is 2.09. The van der Waals surface area contributed by atoms with Gasteiger partial charge in [0.2, 0.25) is 0 Å². The van der Waals surface area contributed by atoms with E-state index in [9.17, 15) is 4.79 Å². The van der Waals surface area contributed by atoms with Crippen LogP contribution in [0, 0.1) is 5.41 Å². The molecule has 104 valence electrons. The van der Waals surface area contributed by atoms with Crippen LogP contribution in [0.25, 0.3) is 0 Å². The first kappa shape index (κ1) is 14.9. The zero-order chi connectivity index (χ0) is 14.0. The van der Waals surface area contributed by atoms with Crippen LogP contribution in [-0.2, 0) is 0 Å². The molecule has 0 radical (unpaired) electrons. The molecule has 0 bridgehead atoms. The summed E-state index contributed by atoms with van der Waals surface area (Å²) >= 11 is 9.38. The molecule has 1 saturated heterocycles. The second-order valence-corrected chi connectivity index (χ2v) is 6.97. The van der Waals surface area contributed by atoms with Gasteiger partial charge >= 0.3 is 0 Å². The monoisotopic (exact) mass is 343 g/mol. The lowest BCUT2D eigenvalue weighted by atomic mass is 9.78. The molecule has 0 saturated carbocycles. The van der Waals surface area contributed by atoms with E-state index in [0.717, 1.165) is 30.4 Å². The first-order valence-electron chi connectivity index (χ1n) is 6.69. The topological polar surface area (TPSA) is 20.3 Å². The maximum Gasteiger partial charge on any atom is 0.253 e.